The Hall–Kier alpha value is -3.02. The van der Waals surface area contributed by atoms with Crippen LogP contribution in [0.2, 0.25) is 0 Å². The highest BCUT2D eigenvalue weighted by atomic mass is 16.5. The topological polar surface area (TPSA) is 76.7 Å². The van der Waals surface area contributed by atoms with Crippen LogP contribution in [0.25, 0.3) is 0 Å². The Morgan fingerprint density at radius 1 is 0.880 bits per heavy atom. The third kappa shape index (κ3) is 5.53. The number of hydrazine groups is 1. The lowest BCUT2D eigenvalue weighted by Gasteiger charge is -2.12. The predicted molar refractivity (Wildman–Crippen MR) is 94.5 cm³/mol. The van der Waals surface area contributed by atoms with Gasteiger partial charge >= 0.3 is 0 Å². The van der Waals surface area contributed by atoms with Gasteiger partial charge in [-0.1, -0.05) is 24.3 Å². The van der Waals surface area contributed by atoms with Crippen LogP contribution in [0.15, 0.2) is 48.5 Å². The molecular formula is C19H22N2O4. The quantitative estimate of drug-likeness (QED) is 0.758. The molecule has 132 valence electrons. The smallest absolute Gasteiger partial charge is 0.269 e. The van der Waals surface area contributed by atoms with Crippen LogP contribution in [-0.2, 0) is 11.2 Å². The SMILES string of the molecule is CCOc1ccc(CC(=O)NNC(=O)c2ccccc2)cc1OCC. The van der Waals surface area contributed by atoms with Gasteiger partial charge in [0.25, 0.3) is 5.91 Å². The summed E-state index contributed by atoms with van der Waals surface area (Å²) in [6.07, 6.45) is 0.113. The highest BCUT2D eigenvalue weighted by Crippen LogP contribution is 2.28. The fourth-order valence-electron chi connectivity index (χ4n) is 2.22. The van der Waals surface area contributed by atoms with Gasteiger partial charge in [-0.3, -0.25) is 20.4 Å². The minimum atomic E-state index is -0.365. The Balaban J connectivity index is 1.93. The summed E-state index contributed by atoms with van der Waals surface area (Å²) in [6.45, 7) is 4.81. The number of amides is 2. The number of benzene rings is 2. The number of hydrogen-bond donors (Lipinski definition) is 2. The van der Waals surface area contributed by atoms with E-state index >= 15 is 0 Å². The zero-order chi connectivity index (χ0) is 18.1. The maximum atomic E-state index is 12.0. The van der Waals surface area contributed by atoms with E-state index < -0.39 is 0 Å². The second kappa shape index (κ2) is 9.32. The number of hydrogen-bond acceptors (Lipinski definition) is 4. The lowest BCUT2D eigenvalue weighted by atomic mass is 10.1. The van der Waals surface area contributed by atoms with Gasteiger partial charge in [-0.25, -0.2) is 0 Å². The summed E-state index contributed by atoms with van der Waals surface area (Å²) in [5.74, 6) is 0.556. The molecule has 25 heavy (non-hydrogen) atoms. The van der Waals surface area contributed by atoms with Crippen LogP contribution in [0.4, 0.5) is 0 Å². The Morgan fingerprint density at radius 2 is 1.56 bits per heavy atom. The highest BCUT2D eigenvalue weighted by Gasteiger charge is 2.10. The molecule has 0 aromatic heterocycles. The van der Waals surface area contributed by atoms with Crippen molar-refractivity contribution in [2.75, 3.05) is 13.2 Å². The van der Waals surface area contributed by atoms with Crippen molar-refractivity contribution in [2.24, 2.45) is 0 Å². The molecule has 0 aliphatic heterocycles. The largest absolute Gasteiger partial charge is 0.490 e. The van der Waals surface area contributed by atoms with Crippen molar-refractivity contribution in [1.29, 1.82) is 0 Å². The van der Waals surface area contributed by atoms with Gasteiger partial charge in [-0.15, -0.1) is 0 Å². The third-order valence-corrected chi connectivity index (χ3v) is 3.32. The molecule has 2 aromatic rings. The lowest BCUT2D eigenvalue weighted by molar-refractivity contribution is -0.121. The first-order chi connectivity index (χ1) is 12.1. The minimum Gasteiger partial charge on any atom is -0.490 e. The maximum Gasteiger partial charge on any atom is 0.269 e. The Morgan fingerprint density at radius 3 is 2.24 bits per heavy atom. The average molecular weight is 342 g/mol. The number of nitrogens with one attached hydrogen (secondary N) is 2. The van der Waals surface area contributed by atoms with Crippen LogP contribution >= 0.6 is 0 Å². The minimum absolute atomic E-state index is 0.113. The van der Waals surface area contributed by atoms with Crippen LogP contribution in [-0.4, -0.2) is 25.0 Å². The van der Waals surface area contributed by atoms with Crippen molar-refractivity contribution in [3.05, 3.63) is 59.7 Å². The van der Waals surface area contributed by atoms with Gasteiger partial charge in [-0.2, -0.15) is 0 Å². The first kappa shape index (κ1) is 18.3. The normalized spacial score (nSPS) is 10.0. The van der Waals surface area contributed by atoms with Gasteiger partial charge in [0.15, 0.2) is 11.5 Å². The summed E-state index contributed by atoms with van der Waals surface area (Å²) in [5, 5.41) is 0. The number of rotatable bonds is 7. The molecule has 2 amide bonds. The van der Waals surface area contributed by atoms with Gasteiger partial charge < -0.3 is 9.47 Å². The molecule has 2 aromatic carbocycles. The molecule has 6 nitrogen and oxygen atoms in total. The molecule has 0 bridgehead atoms. The molecule has 2 rings (SSSR count). The molecule has 0 fully saturated rings. The molecule has 0 aliphatic rings. The van der Waals surface area contributed by atoms with Crippen LogP contribution in [0.3, 0.4) is 0 Å². The van der Waals surface area contributed by atoms with Gasteiger partial charge in [-0.05, 0) is 43.7 Å². The van der Waals surface area contributed by atoms with E-state index in [-0.39, 0.29) is 18.2 Å². The molecule has 0 radical (unpaired) electrons. The molecule has 0 spiro atoms. The predicted octanol–water partition coefficient (Wildman–Crippen LogP) is 2.49. The van der Waals surface area contributed by atoms with E-state index in [9.17, 15) is 9.59 Å². The van der Waals surface area contributed by atoms with Gasteiger partial charge in [0, 0.05) is 5.56 Å². The first-order valence-electron chi connectivity index (χ1n) is 8.16. The van der Waals surface area contributed by atoms with Gasteiger partial charge in [0.05, 0.1) is 19.6 Å². The summed E-state index contributed by atoms with van der Waals surface area (Å²) >= 11 is 0. The summed E-state index contributed by atoms with van der Waals surface area (Å²) in [7, 11) is 0. The molecule has 0 aliphatic carbocycles. The Kier molecular flexibility index (Phi) is 6.83. The van der Waals surface area contributed by atoms with E-state index in [0.29, 0.717) is 30.3 Å². The van der Waals surface area contributed by atoms with E-state index in [1.54, 1.807) is 42.5 Å². The summed E-state index contributed by atoms with van der Waals surface area (Å²) < 4.78 is 11.0. The molecule has 2 N–H and O–H groups in total. The van der Waals surface area contributed by atoms with Crippen molar-refractivity contribution in [3.8, 4) is 11.5 Å². The second-order valence-corrected chi connectivity index (χ2v) is 5.19. The fraction of sp³-hybridized carbons (Fsp3) is 0.263. The average Bonchev–Trinajstić information content (AvgIpc) is 2.63. The van der Waals surface area contributed by atoms with E-state index in [4.69, 9.17) is 9.47 Å². The number of carbonyl (C=O) groups excluding carboxylic acids is 2. The fourth-order valence-corrected chi connectivity index (χ4v) is 2.22. The highest BCUT2D eigenvalue weighted by molar-refractivity contribution is 5.95. The Labute approximate surface area is 147 Å². The molecule has 0 unspecified atom stereocenters. The van der Waals surface area contributed by atoms with E-state index in [0.717, 1.165) is 5.56 Å². The van der Waals surface area contributed by atoms with Crippen molar-refractivity contribution in [2.45, 2.75) is 20.3 Å². The van der Waals surface area contributed by atoms with E-state index in [1.807, 2.05) is 19.9 Å². The first-order valence-corrected chi connectivity index (χ1v) is 8.16. The van der Waals surface area contributed by atoms with Crippen LogP contribution in [0, 0.1) is 0 Å². The van der Waals surface area contributed by atoms with Crippen LogP contribution in [0.5, 0.6) is 11.5 Å². The van der Waals surface area contributed by atoms with Crippen molar-refractivity contribution < 1.29 is 19.1 Å². The maximum absolute atomic E-state index is 12.0. The van der Waals surface area contributed by atoms with Crippen LogP contribution < -0.4 is 20.3 Å². The molecule has 0 saturated heterocycles. The molecule has 0 heterocycles. The van der Waals surface area contributed by atoms with Crippen LogP contribution in [0.1, 0.15) is 29.8 Å². The number of carbonyl (C=O) groups is 2. The van der Waals surface area contributed by atoms with E-state index in [1.165, 1.54) is 0 Å². The molecular weight excluding hydrogens is 320 g/mol. The monoisotopic (exact) mass is 342 g/mol. The van der Waals surface area contributed by atoms with Gasteiger partial charge in [0.2, 0.25) is 5.91 Å². The third-order valence-electron chi connectivity index (χ3n) is 3.32. The van der Waals surface area contributed by atoms with Gasteiger partial charge in [0.1, 0.15) is 0 Å². The second-order valence-electron chi connectivity index (χ2n) is 5.19. The molecule has 0 atom stereocenters. The van der Waals surface area contributed by atoms with Crippen molar-refractivity contribution in [1.82, 2.24) is 10.9 Å². The standard InChI is InChI=1S/C19H22N2O4/c1-3-24-16-11-10-14(12-17(16)25-4-2)13-18(22)20-21-19(23)15-8-6-5-7-9-15/h5-12H,3-4,13H2,1-2H3,(H,20,22)(H,21,23). The zero-order valence-corrected chi connectivity index (χ0v) is 14.4. The summed E-state index contributed by atoms with van der Waals surface area (Å²) in [6, 6.07) is 14.0. The van der Waals surface area contributed by atoms with Crippen molar-refractivity contribution in [3.63, 3.8) is 0 Å². The lowest BCUT2D eigenvalue weighted by Crippen LogP contribution is -2.42. The summed E-state index contributed by atoms with van der Waals surface area (Å²) in [4.78, 5) is 23.9. The molecule has 6 heteroatoms. The van der Waals surface area contributed by atoms with Crippen molar-refractivity contribution >= 4 is 11.8 Å². The van der Waals surface area contributed by atoms with E-state index in [2.05, 4.69) is 10.9 Å². The molecule has 0 saturated carbocycles. The zero-order valence-electron chi connectivity index (χ0n) is 14.4. The Bertz CT molecular complexity index is 717. The summed E-state index contributed by atoms with van der Waals surface area (Å²) in [5.41, 5.74) is 6.04. The number of ether oxygens (including phenoxy) is 2.